The average molecular weight is 223 g/mol. The molecule has 1 aliphatic rings. The second-order valence-electron chi connectivity index (χ2n) is 3.36. The molecule has 0 bridgehead atoms. The molecule has 1 aromatic rings. The van der Waals surface area contributed by atoms with Crippen molar-refractivity contribution in [2.24, 2.45) is 5.73 Å². The topological polar surface area (TPSA) is 51.4 Å². The minimum Gasteiger partial charge on any atom is -0.388 e. The standard InChI is InChI=1S/C10H13N3OS/c11-10(15)9-7-8(1-2-12-9)13-3-5-14-6-4-13/h1-2,7H,3-6H2,(H2,11,15). The molecule has 5 heteroatoms. The zero-order chi connectivity index (χ0) is 10.7. The predicted molar refractivity (Wildman–Crippen MR) is 63.2 cm³/mol. The van der Waals surface area contributed by atoms with E-state index in [-0.39, 0.29) is 0 Å². The second kappa shape index (κ2) is 4.55. The van der Waals surface area contributed by atoms with E-state index >= 15 is 0 Å². The zero-order valence-corrected chi connectivity index (χ0v) is 9.17. The molecule has 0 saturated carbocycles. The van der Waals surface area contributed by atoms with Crippen LogP contribution in [0.25, 0.3) is 0 Å². The van der Waals surface area contributed by atoms with Crippen molar-refractivity contribution in [3.05, 3.63) is 24.0 Å². The van der Waals surface area contributed by atoms with E-state index in [2.05, 4.69) is 9.88 Å². The van der Waals surface area contributed by atoms with Gasteiger partial charge in [-0.05, 0) is 12.1 Å². The fraction of sp³-hybridized carbons (Fsp3) is 0.400. The number of aromatic nitrogens is 1. The summed E-state index contributed by atoms with van der Waals surface area (Å²) >= 11 is 4.90. The second-order valence-corrected chi connectivity index (χ2v) is 3.80. The van der Waals surface area contributed by atoms with Crippen molar-refractivity contribution in [3.63, 3.8) is 0 Å². The Morgan fingerprint density at radius 2 is 2.20 bits per heavy atom. The SMILES string of the molecule is NC(=S)c1cc(N2CCOCC2)ccn1. The fourth-order valence-electron chi connectivity index (χ4n) is 1.57. The van der Waals surface area contributed by atoms with Crippen LogP contribution in [0, 0.1) is 0 Å². The van der Waals surface area contributed by atoms with Crippen LogP contribution >= 0.6 is 12.2 Å². The molecule has 0 aliphatic carbocycles. The third kappa shape index (κ3) is 2.43. The number of ether oxygens (including phenoxy) is 1. The molecule has 1 aromatic heterocycles. The summed E-state index contributed by atoms with van der Waals surface area (Å²) in [6.07, 6.45) is 1.74. The molecule has 80 valence electrons. The van der Waals surface area contributed by atoms with Crippen LogP contribution in [0.5, 0.6) is 0 Å². The Morgan fingerprint density at radius 1 is 1.47 bits per heavy atom. The summed E-state index contributed by atoms with van der Waals surface area (Å²) in [4.78, 5) is 6.69. The number of rotatable bonds is 2. The maximum Gasteiger partial charge on any atom is 0.122 e. The van der Waals surface area contributed by atoms with Gasteiger partial charge in [0.2, 0.25) is 0 Å². The van der Waals surface area contributed by atoms with Crippen LogP contribution in [-0.2, 0) is 4.74 Å². The average Bonchev–Trinajstić information content (AvgIpc) is 2.30. The first-order valence-corrected chi connectivity index (χ1v) is 5.27. The lowest BCUT2D eigenvalue weighted by Gasteiger charge is -2.28. The highest BCUT2D eigenvalue weighted by Gasteiger charge is 2.11. The zero-order valence-electron chi connectivity index (χ0n) is 8.35. The van der Waals surface area contributed by atoms with Crippen LogP contribution < -0.4 is 10.6 Å². The van der Waals surface area contributed by atoms with E-state index in [1.807, 2.05) is 12.1 Å². The molecule has 2 rings (SSSR count). The molecule has 1 saturated heterocycles. The number of hydrogen-bond donors (Lipinski definition) is 1. The number of nitrogens with two attached hydrogens (primary N) is 1. The summed E-state index contributed by atoms with van der Waals surface area (Å²) in [7, 11) is 0. The molecular formula is C10H13N3OS. The molecule has 4 nitrogen and oxygen atoms in total. The van der Waals surface area contributed by atoms with Crippen molar-refractivity contribution < 1.29 is 4.74 Å². The van der Waals surface area contributed by atoms with E-state index < -0.39 is 0 Å². The smallest absolute Gasteiger partial charge is 0.122 e. The van der Waals surface area contributed by atoms with E-state index in [4.69, 9.17) is 22.7 Å². The molecule has 0 unspecified atom stereocenters. The maximum absolute atomic E-state index is 5.54. The van der Waals surface area contributed by atoms with Gasteiger partial charge >= 0.3 is 0 Å². The van der Waals surface area contributed by atoms with Crippen LogP contribution in [0.1, 0.15) is 5.69 Å². The highest BCUT2D eigenvalue weighted by atomic mass is 32.1. The van der Waals surface area contributed by atoms with Gasteiger partial charge < -0.3 is 15.4 Å². The number of nitrogens with zero attached hydrogens (tertiary/aromatic N) is 2. The lowest BCUT2D eigenvalue weighted by Crippen LogP contribution is -2.36. The minimum atomic E-state index is 0.338. The molecule has 0 atom stereocenters. The fourth-order valence-corrected chi connectivity index (χ4v) is 1.68. The Morgan fingerprint density at radius 3 is 2.87 bits per heavy atom. The van der Waals surface area contributed by atoms with Crippen molar-refractivity contribution in [3.8, 4) is 0 Å². The molecular weight excluding hydrogens is 210 g/mol. The van der Waals surface area contributed by atoms with Gasteiger partial charge in [-0.15, -0.1) is 0 Å². The first-order chi connectivity index (χ1) is 7.27. The Labute approximate surface area is 94.0 Å². The molecule has 1 aliphatic heterocycles. The highest BCUT2D eigenvalue weighted by molar-refractivity contribution is 7.80. The van der Waals surface area contributed by atoms with Gasteiger partial charge in [0.1, 0.15) is 4.99 Å². The van der Waals surface area contributed by atoms with Crippen LogP contribution in [0.3, 0.4) is 0 Å². The minimum absolute atomic E-state index is 0.338. The van der Waals surface area contributed by atoms with Crippen LogP contribution in [0.4, 0.5) is 5.69 Å². The third-order valence-corrected chi connectivity index (χ3v) is 2.58. The lowest BCUT2D eigenvalue weighted by molar-refractivity contribution is 0.122. The Bertz CT molecular complexity index is 363. The number of anilines is 1. The van der Waals surface area contributed by atoms with Gasteiger partial charge in [0.05, 0.1) is 18.9 Å². The van der Waals surface area contributed by atoms with Gasteiger partial charge in [0.25, 0.3) is 0 Å². The van der Waals surface area contributed by atoms with E-state index in [0.29, 0.717) is 10.7 Å². The first kappa shape index (κ1) is 10.3. The van der Waals surface area contributed by atoms with Gasteiger partial charge in [0, 0.05) is 25.0 Å². The first-order valence-electron chi connectivity index (χ1n) is 4.86. The Kier molecular flexibility index (Phi) is 3.13. The van der Waals surface area contributed by atoms with Gasteiger partial charge in [-0.3, -0.25) is 4.98 Å². The van der Waals surface area contributed by atoms with Crippen LogP contribution in [-0.4, -0.2) is 36.3 Å². The van der Waals surface area contributed by atoms with Gasteiger partial charge in [-0.2, -0.15) is 0 Å². The largest absolute Gasteiger partial charge is 0.388 e. The van der Waals surface area contributed by atoms with E-state index in [0.717, 1.165) is 32.0 Å². The number of morpholine rings is 1. The maximum atomic E-state index is 5.54. The van der Waals surface area contributed by atoms with Crippen LogP contribution in [0.2, 0.25) is 0 Å². The predicted octanol–water partition coefficient (Wildman–Crippen LogP) is 0.552. The summed E-state index contributed by atoms with van der Waals surface area (Å²) in [5, 5.41) is 0. The summed E-state index contributed by atoms with van der Waals surface area (Å²) in [6.45, 7) is 3.34. The van der Waals surface area contributed by atoms with Crippen molar-refractivity contribution in [2.45, 2.75) is 0 Å². The summed E-state index contributed by atoms with van der Waals surface area (Å²) < 4.78 is 5.29. The molecule has 0 spiro atoms. The summed E-state index contributed by atoms with van der Waals surface area (Å²) in [5.74, 6) is 0. The van der Waals surface area contributed by atoms with E-state index in [9.17, 15) is 0 Å². The van der Waals surface area contributed by atoms with Crippen LogP contribution in [0.15, 0.2) is 18.3 Å². The number of hydrogen-bond acceptors (Lipinski definition) is 4. The van der Waals surface area contributed by atoms with Gasteiger partial charge in [-0.1, -0.05) is 12.2 Å². The molecule has 0 aromatic carbocycles. The molecule has 0 amide bonds. The molecule has 2 heterocycles. The Balaban J connectivity index is 2.19. The quantitative estimate of drug-likeness (QED) is 0.742. The van der Waals surface area contributed by atoms with Gasteiger partial charge in [0.15, 0.2) is 0 Å². The third-order valence-electron chi connectivity index (χ3n) is 2.37. The van der Waals surface area contributed by atoms with E-state index in [1.54, 1.807) is 6.20 Å². The summed E-state index contributed by atoms with van der Waals surface area (Å²) in [6, 6.07) is 3.89. The van der Waals surface area contributed by atoms with Crippen molar-refractivity contribution in [2.75, 3.05) is 31.2 Å². The normalized spacial score (nSPS) is 16.4. The van der Waals surface area contributed by atoms with Crippen molar-refractivity contribution in [1.29, 1.82) is 0 Å². The van der Waals surface area contributed by atoms with E-state index in [1.165, 1.54) is 0 Å². The Hall–Kier alpha value is -1.20. The molecule has 15 heavy (non-hydrogen) atoms. The number of thiocarbonyl (C=S) groups is 1. The lowest BCUT2D eigenvalue weighted by atomic mass is 10.2. The van der Waals surface area contributed by atoms with Crippen molar-refractivity contribution >= 4 is 22.9 Å². The molecule has 1 fully saturated rings. The summed E-state index contributed by atoms with van der Waals surface area (Å²) in [5.41, 5.74) is 7.32. The molecule has 2 N–H and O–H groups in total. The van der Waals surface area contributed by atoms with Gasteiger partial charge in [-0.25, -0.2) is 0 Å². The number of pyridine rings is 1. The molecule has 0 radical (unpaired) electrons. The van der Waals surface area contributed by atoms with Crippen molar-refractivity contribution in [1.82, 2.24) is 4.98 Å². The highest BCUT2D eigenvalue weighted by Crippen LogP contribution is 2.15. The monoisotopic (exact) mass is 223 g/mol.